The summed E-state index contributed by atoms with van der Waals surface area (Å²) in [6, 6.07) is 12.9. The van der Waals surface area contributed by atoms with Crippen LogP contribution in [0.1, 0.15) is 11.3 Å². The molecule has 0 atom stereocenters. The standard InChI is InChI=1S/C16H16N6O3/c1-12-9-14(18-21(12)10-13-5-3-2-4-6-13)17-16(23)11-20-8-7-15(19-20)22(24)25/h2-9H,10-11H2,1H3,(H,17,18,23). The molecule has 25 heavy (non-hydrogen) atoms. The van der Waals surface area contributed by atoms with E-state index in [-0.39, 0.29) is 18.3 Å². The highest BCUT2D eigenvalue weighted by molar-refractivity contribution is 5.89. The van der Waals surface area contributed by atoms with Crippen LogP contribution >= 0.6 is 0 Å². The van der Waals surface area contributed by atoms with Crippen molar-refractivity contribution in [2.24, 2.45) is 0 Å². The van der Waals surface area contributed by atoms with Gasteiger partial charge < -0.3 is 15.4 Å². The maximum Gasteiger partial charge on any atom is 0.389 e. The summed E-state index contributed by atoms with van der Waals surface area (Å²) in [5, 5.41) is 21.3. The summed E-state index contributed by atoms with van der Waals surface area (Å²) in [6.07, 6.45) is 1.39. The minimum Gasteiger partial charge on any atom is -0.358 e. The van der Waals surface area contributed by atoms with Gasteiger partial charge in [0.15, 0.2) is 5.82 Å². The number of hydrogen-bond acceptors (Lipinski definition) is 5. The van der Waals surface area contributed by atoms with Crippen molar-refractivity contribution in [2.45, 2.75) is 20.0 Å². The number of aromatic nitrogens is 4. The molecule has 128 valence electrons. The number of rotatable bonds is 6. The first kappa shape index (κ1) is 16.4. The van der Waals surface area contributed by atoms with Gasteiger partial charge >= 0.3 is 5.82 Å². The molecule has 0 radical (unpaired) electrons. The van der Waals surface area contributed by atoms with Crippen molar-refractivity contribution in [1.29, 1.82) is 0 Å². The number of nitrogens with one attached hydrogen (secondary N) is 1. The summed E-state index contributed by atoms with van der Waals surface area (Å²) in [7, 11) is 0. The molecule has 0 aliphatic rings. The van der Waals surface area contributed by atoms with E-state index in [9.17, 15) is 14.9 Å². The number of anilines is 1. The fraction of sp³-hybridized carbons (Fsp3) is 0.188. The number of aryl methyl sites for hydroxylation is 1. The van der Waals surface area contributed by atoms with E-state index in [1.165, 1.54) is 16.9 Å². The van der Waals surface area contributed by atoms with Crippen LogP contribution < -0.4 is 5.32 Å². The highest BCUT2D eigenvalue weighted by atomic mass is 16.6. The Morgan fingerprint density at radius 2 is 2.00 bits per heavy atom. The van der Waals surface area contributed by atoms with E-state index in [4.69, 9.17) is 0 Å². The molecule has 0 unspecified atom stereocenters. The number of amides is 1. The zero-order valence-electron chi connectivity index (χ0n) is 13.5. The van der Waals surface area contributed by atoms with Gasteiger partial charge in [0.25, 0.3) is 0 Å². The van der Waals surface area contributed by atoms with Crippen molar-refractivity contribution >= 4 is 17.5 Å². The molecular weight excluding hydrogens is 324 g/mol. The first-order valence-electron chi connectivity index (χ1n) is 7.57. The molecule has 0 saturated carbocycles. The van der Waals surface area contributed by atoms with Crippen molar-refractivity contribution in [1.82, 2.24) is 19.6 Å². The molecule has 0 fully saturated rings. The molecule has 9 nitrogen and oxygen atoms in total. The second kappa shape index (κ2) is 6.95. The maximum absolute atomic E-state index is 12.0. The molecule has 3 rings (SSSR count). The third-order valence-corrected chi connectivity index (χ3v) is 3.54. The number of benzene rings is 1. The van der Waals surface area contributed by atoms with Gasteiger partial charge in [0, 0.05) is 11.8 Å². The lowest BCUT2D eigenvalue weighted by Crippen LogP contribution is -2.19. The second-order valence-electron chi connectivity index (χ2n) is 5.49. The monoisotopic (exact) mass is 340 g/mol. The largest absolute Gasteiger partial charge is 0.389 e. The van der Waals surface area contributed by atoms with Gasteiger partial charge in [-0.25, -0.2) is 0 Å². The topological polar surface area (TPSA) is 108 Å². The Balaban J connectivity index is 1.63. The van der Waals surface area contributed by atoms with Gasteiger partial charge in [0.2, 0.25) is 5.91 Å². The Bertz CT molecular complexity index is 900. The quantitative estimate of drug-likeness (QED) is 0.545. The summed E-state index contributed by atoms with van der Waals surface area (Å²) in [4.78, 5) is 22.0. The summed E-state index contributed by atoms with van der Waals surface area (Å²) < 4.78 is 3.00. The van der Waals surface area contributed by atoms with Crippen LogP contribution in [0.5, 0.6) is 0 Å². The van der Waals surface area contributed by atoms with Crippen LogP contribution in [0.15, 0.2) is 48.7 Å². The lowest BCUT2D eigenvalue weighted by Gasteiger charge is -2.04. The van der Waals surface area contributed by atoms with E-state index < -0.39 is 4.92 Å². The van der Waals surface area contributed by atoms with Crippen molar-refractivity contribution in [3.8, 4) is 0 Å². The predicted molar refractivity (Wildman–Crippen MR) is 90.0 cm³/mol. The number of nitrogens with zero attached hydrogens (tertiary/aromatic N) is 5. The van der Waals surface area contributed by atoms with Gasteiger partial charge in [-0.2, -0.15) is 9.78 Å². The molecule has 0 bridgehead atoms. The second-order valence-corrected chi connectivity index (χ2v) is 5.49. The zero-order valence-corrected chi connectivity index (χ0v) is 13.5. The Hall–Kier alpha value is -3.49. The normalized spacial score (nSPS) is 10.6. The van der Waals surface area contributed by atoms with Crippen LogP contribution in [0.4, 0.5) is 11.6 Å². The third-order valence-electron chi connectivity index (χ3n) is 3.54. The van der Waals surface area contributed by atoms with Gasteiger partial charge in [-0.3, -0.25) is 9.48 Å². The van der Waals surface area contributed by atoms with Crippen LogP contribution in [-0.2, 0) is 17.9 Å². The zero-order chi connectivity index (χ0) is 17.8. The molecular formula is C16H16N6O3. The number of nitro groups is 1. The molecule has 0 aliphatic carbocycles. The smallest absolute Gasteiger partial charge is 0.358 e. The number of carbonyl (C=O) groups is 1. The third kappa shape index (κ3) is 4.08. The van der Waals surface area contributed by atoms with Crippen LogP contribution in [0.25, 0.3) is 0 Å². The van der Waals surface area contributed by atoms with E-state index >= 15 is 0 Å². The molecule has 1 amide bonds. The molecule has 0 saturated heterocycles. The Morgan fingerprint density at radius 1 is 1.24 bits per heavy atom. The molecule has 1 aromatic carbocycles. The predicted octanol–water partition coefficient (Wildman–Crippen LogP) is 1.98. The van der Waals surface area contributed by atoms with Gasteiger partial charge in [-0.05, 0) is 17.4 Å². The minimum absolute atomic E-state index is 0.127. The highest BCUT2D eigenvalue weighted by Gasteiger charge is 2.14. The first-order chi connectivity index (χ1) is 12.0. The summed E-state index contributed by atoms with van der Waals surface area (Å²) >= 11 is 0. The van der Waals surface area contributed by atoms with Gasteiger partial charge in [0.05, 0.1) is 23.9 Å². The van der Waals surface area contributed by atoms with Crippen molar-refractivity contribution in [3.05, 3.63) is 70.0 Å². The van der Waals surface area contributed by atoms with Gasteiger partial charge in [-0.15, -0.1) is 0 Å². The fourth-order valence-corrected chi connectivity index (χ4v) is 2.35. The van der Waals surface area contributed by atoms with Gasteiger partial charge in [-0.1, -0.05) is 30.3 Å². The molecule has 2 aromatic heterocycles. The van der Waals surface area contributed by atoms with E-state index in [1.54, 1.807) is 10.7 Å². The molecule has 0 aliphatic heterocycles. The summed E-state index contributed by atoms with van der Waals surface area (Å²) in [5.41, 5.74) is 2.02. The fourth-order valence-electron chi connectivity index (χ4n) is 2.35. The number of hydrogen-bond donors (Lipinski definition) is 1. The first-order valence-corrected chi connectivity index (χ1v) is 7.57. The van der Waals surface area contributed by atoms with E-state index in [2.05, 4.69) is 15.5 Å². The van der Waals surface area contributed by atoms with Crippen molar-refractivity contribution in [2.75, 3.05) is 5.32 Å². The summed E-state index contributed by atoms with van der Waals surface area (Å²) in [6.45, 7) is 2.38. The van der Waals surface area contributed by atoms with E-state index in [0.29, 0.717) is 12.4 Å². The lowest BCUT2D eigenvalue weighted by atomic mass is 10.2. The maximum atomic E-state index is 12.0. The lowest BCUT2D eigenvalue weighted by molar-refractivity contribution is -0.389. The summed E-state index contributed by atoms with van der Waals surface area (Å²) in [5.74, 6) is -0.224. The van der Waals surface area contributed by atoms with Gasteiger partial charge in [0.1, 0.15) is 6.54 Å². The Morgan fingerprint density at radius 3 is 2.68 bits per heavy atom. The van der Waals surface area contributed by atoms with Crippen molar-refractivity contribution < 1.29 is 9.72 Å². The van der Waals surface area contributed by atoms with Crippen LogP contribution in [0, 0.1) is 17.0 Å². The Kier molecular flexibility index (Phi) is 4.55. The van der Waals surface area contributed by atoms with Crippen LogP contribution in [0.2, 0.25) is 0 Å². The van der Waals surface area contributed by atoms with Crippen LogP contribution in [0.3, 0.4) is 0 Å². The van der Waals surface area contributed by atoms with E-state index in [1.807, 2.05) is 37.3 Å². The molecule has 9 heteroatoms. The highest BCUT2D eigenvalue weighted by Crippen LogP contribution is 2.12. The van der Waals surface area contributed by atoms with Crippen LogP contribution in [-0.4, -0.2) is 30.4 Å². The van der Waals surface area contributed by atoms with E-state index in [0.717, 1.165) is 11.3 Å². The molecule has 1 N–H and O–H groups in total. The number of carbonyl (C=O) groups excluding carboxylic acids is 1. The Labute approximate surface area is 143 Å². The molecule has 0 spiro atoms. The average molecular weight is 340 g/mol. The minimum atomic E-state index is -0.608. The average Bonchev–Trinajstić information content (AvgIpc) is 3.16. The molecule has 2 heterocycles. The SMILES string of the molecule is Cc1cc(NC(=O)Cn2ccc([N+](=O)[O-])n2)nn1Cc1ccccc1. The van der Waals surface area contributed by atoms with Crippen molar-refractivity contribution in [3.63, 3.8) is 0 Å². The molecule has 3 aromatic rings.